The summed E-state index contributed by atoms with van der Waals surface area (Å²) in [6.45, 7) is 0. The molecule has 9 aromatic carbocycles. The van der Waals surface area contributed by atoms with E-state index in [1.165, 1.54) is 98.4 Å². The number of hydrogen-bond donors (Lipinski definition) is 0. The first-order valence-electron chi connectivity index (χ1n) is 17.3. The van der Waals surface area contributed by atoms with Crippen LogP contribution in [0.5, 0.6) is 0 Å². The van der Waals surface area contributed by atoms with Crippen LogP contribution in [-0.4, -0.2) is 9.13 Å². The molecule has 51 heavy (non-hydrogen) atoms. The molecular weight excluding hydrogens is 637 g/mol. The Morgan fingerprint density at radius 3 is 1.16 bits per heavy atom. The first kappa shape index (κ1) is 29.6. The monoisotopic (exact) mass is 668 g/mol. The normalized spacial score (nSPS) is 11.8. The van der Waals surface area contributed by atoms with Gasteiger partial charge in [0, 0.05) is 32.9 Å². The van der Waals surface area contributed by atoms with E-state index in [1.54, 1.807) is 0 Å². The van der Waals surface area contributed by atoms with Gasteiger partial charge in [-0.15, -0.1) is 0 Å². The van der Waals surface area contributed by atoms with Gasteiger partial charge in [0.2, 0.25) is 0 Å². The van der Waals surface area contributed by atoms with Gasteiger partial charge in [-0.1, -0.05) is 121 Å². The van der Waals surface area contributed by atoms with Gasteiger partial charge in [0.25, 0.3) is 0 Å². The molecule has 0 aliphatic heterocycles. The molecule has 0 aliphatic carbocycles. The van der Waals surface area contributed by atoms with Gasteiger partial charge in [-0.3, -0.25) is 0 Å². The predicted octanol–water partition coefficient (Wildman–Crippen LogP) is 13.1. The van der Waals surface area contributed by atoms with Crippen LogP contribution in [0.1, 0.15) is 0 Å². The molecule has 0 N–H and O–H groups in total. The van der Waals surface area contributed by atoms with E-state index in [0.717, 1.165) is 0 Å². The maximum absolute atomic E-state index is 2.44. The Morgan fingerprint density at radius 2 is 0.627 bits per heavy atom. The maximum atomic E-state index is 2.44. The number of nitrogens with zero attached hydrogens (tertiary/aromatic N) is 2. The van der Waals surface area contributed by atoms with Crippen molar-refractivity contribution in [3.8, 4) is 22.5 Å². The van der Waals surface area contributed by atoms with Gasteiger partial charge in [0.05, 0.1) is 22.1 Å². The van der Waals surface area contributed by atoms with Gasteiger partial charge in [0.15, 0.2) is 0 Å². The second kappa shape index (κ2) is 11.4. The zero-order valence-electron chi connectivity index (χ0n) is 27.7. The summed E-state index contributed by atoms with van der Waals surface area (Å²) in [6, 6.07) is 66.7. The van der Waals surface area contributed by atoms with Gasteiger partial charge in [-0.05, 0) is 104 Å². The molecule has 0 atom stereocenters. The molecule has 3 heteroatoms. The van der Waals surface area contributed by atoms with Crippen molar-refractivity contribution in [2.75, 3.05) is 0 Å². The molecular formula is C48H32N2S. The zero-order valence-corrected chi connectivity index (χ0v) is 28.7. The van der Waals surface area contributed by atoms with Crippen LogP contribution in [0.15, 0.2) is 182 Å². The van der Waals surface area contributed by atoms with E-state index >= 15 is 0 Å². The van der Waals surface area contributed by atoms with Crippen molar-refractivity contribution in [2.24, 2.45) is 0 Å². The summed E-state index contributed by atoms with van der Waals surface area (Å²) in [7, 11) is 0. The largest absolute Gasteiger partial charge is 0.309 e. The third-order valence-corrected chi connectivity index (χ3v) is 10.7. The van der Waals surface area contributed by atoms with Crippen molar-refractivity contribution in [1.82, 2.24) is 9.13 Å². The Morgan fingerprint density at radius 1 is 0.235 bits per heavy atom. The highest BCUT2D eigenvalue weighted by Crippen LogP contribution is 2.40. The van der Waals surface area contributed by atoms with Gasteiger partial charge < -0.3 is 9.13 Å². The van der Waals surface area contributed by atoms with Gasteiger partial charge >= 0.3 is 0 Å². The molecule has 11 aromatic rings. The van der Waals surface area contributed by atoms with Crippen LogP contribution in [0.2, 0.25) is 0 Å². The van der Waals surface area contributed by atoms with Crippen LogP contribution >= 0.6 is 13.5 Å². The fourth-order valence-corrected chi connectivity index (χ4v) is 8.47. The minimum Gasteiger partial charge on any atom is -0.309 e. The second-order valence-electron chi connectivity index (χ2n) is 13.3. The third kappa shape index (κ3) is 4.32. The van der Waals surface area contributed by atoms with Crippen molar-refractivity contribution < 1.29 is 0 Å². The third-order valence-electron chi connectivity index (χ3n) is 10.7. The molecule has 0 amide bonds. The van der Waals surface area contributed by atoms with Crippen molar-refractivity contribution >= 4 is 89.4 Å². The lowest BCUT2D eigenvalue weighted by Gasteiger charge is -2.14. The molecule has 0 radical (unpaired) electrons. The highest BCUT2D eigenvalue weighted by Gasteiger charge is 2.17. The summed E-state index contributed by atoms with van der Waals surface area (Å²) in [5.74, 6) is 0. The number of benzene rings is 9. The summed E-state index contributed by atoms with van der Waals surface area (Å²) in [4.78, 5) is 0. The summed E-state index contributed by atoms with van der Waals surface area (Å²) in [5, 5.41) is 12.8. The van der Waals surface area contributed by atoms with Gasteiger partial charge in [0.1, 0.15) is 0 Å². The first-order valence-corrected chi connectivity index (χ1v) is 17.3. The highest BCUT2D eigenvalue weighted by molar-refractivity contribution is 7.59. The minimum absolute atomic E-state index is 0. The topological polar surface area (TPSA) is 9.86 Å². The molecule has 2 heterocycles. The molecule has 0 unspecified atom stereocenters. The van der Waals surface area contributed by atoms with Gasteiger partial charge in [-0.2, -0.15) is 13.5 Å². The van der Waals surface area contributed by atoms with Crippen LogP contribution in [-0.2, 0) is 0 Å². The van der Waals surface area contributed by atoms with Crippen LogP contribution < -0.4 is 0 Å². The van der Waals surface area contributed by atoms with Crippen molar-refractivity contribution in [3.63, 3.8) is 0 Å². The van der Waals surface area contributed by atoms with E-state index in [4.69, 9.17) is 0 Å². The van der Waals surface area contributed by atoms with E-state index in [-0.39, 0.29) is 13.5 Å². The summed E-state index contributed by atoms with van der Waals surface area (Å²) >= 11 is 0. The van der Waals surface area contributed by atoms with Crippen molar-refractivity contribution in [2.45, 2.75) is 0 Å². The molecule has 0 saturated carbocycles. The van der Waals surface area contributed by atoms with Crippen LogP contribution in [0.25, 0.3) is 98.4 Å². The smallest absolute Gasteiger partial charge is 0.0541 e. The molecule has 0 fully saturated rings. The molecule has 0 bridgehead atoms. The molecule has 0 spiro atoms. The van der Waals surface area contributed by atoms with E-state index in [0.29, 0.717) is 0 Å². The van der Waals surface area contributed by atoms with E-state index in [9.17, 15) is 0 Å². The van der Waals surface area contributed by atoms with Crippen molar-refractivity contribution in [3.05, 3.63) is 182 Å². The Labute approximate surface area is 301 Å². The predicted molar refractivity (Wildman–Crippen MR) is 223 cm³/mol. The minimum atomic E-state index is 0. The van der Waals surface area contributed by atoms with Crippen LogP contribution in [0, 0.1) is 0 Å². The fraction of sp³-hybridized carbons (Fsp3) is 0. The zero-order chi connectivity index (χ0) is 32.8. The molecule has 2 aromatic heterocycles. The number of para-hydroxylation sites is 3. The molecule has 2 nitrogen and oxygen atoms in total. The Bertz CT molecular complexity index is 3110. The van der Waals surface area contributed by atoms with Crippen molar-refractivity contribution in [1.29, 1.82) is 0 Å². The number of hydrogen-bond acceptors (Lipinski definition) is 0. The first-order chi connectivity index (χ1) is 24.8. The Kier molecular flexibility index (Phi) is 6.61. The maximum Gasteiger partial charge on any atom is 0.0541 e. The van der Waals surface area contributed by atoms with E-state index < -0.39 is 0 Å². The average Bonchev–Trinajstić information content (AvgIpc) is 3.70. The molecule has 0 saturated heterocycles. The summed E-state index contributed by atoms with van der Waals surface area (Å²) in [5.41, 5.74) is 9.65. The summed E-state index contributed by atoms with van der Waals surface area (Å²) in [6.07, 6.45) is 0. The second-order valence-corrected chi connectivity index (χ2v) is 13.3. The Hall–Kier alpha value is -6.29. The fourth-order valence-electron chi connectivity index (χ4n) is 8.47. The number of fused-ring (bicyclic) bond motifs is 12. The van der Waals surface area contributed by atoms with Crippen LogP contribution in [0.3, 0.4) is 0 Å². The molecule has 240 valence electrons. The average molecular weight is 669 g/mol. The quantitative estimate of drug-likeness (QED) is 0.166. The SMILES string of the molecule is S.c1ccc(-n2c3ccccc3c3cc(-c4ccc5c(c4)c4ccccc4n5-c4ccc5c6ccccc6c6ccccc6c5c4)ccc32)cc1. The standard InChI is InChI=1S/C48H30N2.H2S/c1-2-12-33(13-3-1)49-45-20-10-8-18-40(45)43-28-31(22-26-47(43)49)32-23-27-48-44(29-32)41-19-9-11-21-46(41)50(48)34-24-25-39-37-16-5-4-14-35(37)36-15-6-7-17-38(36)42(39)30-34;/h1-30H;1H2. The van der Waals surface area contributed by atoms with E-state index in [1.807, 2.05) is 0 Å². The molecule has 0 aliphatic rings. The lowest BCUT2D eigenvalue weighted by atomic mass is 9.94. The number of aromatic nitrogens is 2. The van der Waals surface area contributed by atoms with E-state index in [2.05, 4.69) is 191 Å². The Balaban J connectivity index is 0.00000327. The summed E-state index contributed by atoms with van der Waals surface area (Å²) < 4.78 is 4.81. The highest BCUT2D eigenvalue weighted by atomic mass is 32.1. The van der Waals surface area contributed by atoms with Gasteiger partial charge in [-0.25, -0.2) is 0 Å². The lowest BCUT2D eigenvalue weighted by Crippen LogP contribution is -1.94. The lowest BCUT2D eigenvalue weighted by molar-refractivity contribution is 1.18. The van der Waals surface area contributed by atoms with Crippen LogP contribution in [0.4, 0.5) is 0 Å². The number of rotatable bonds is 3. The molecule has 11 rings (SSSR count).